The molecule has 1 atom stereocenters. The summed E-state index contributed by atoms with van der Waals surface area (Å²) in [6.07, 6.45) is -6.63. The summed E-state index contributed by atoms with van der Waals surface area (Å²) in [6, 6.07) is 6.64. The summed E-state index contributed by atoms with van der Waals surface area (Å²) in [5.74, 6) is -1.58. The van der Waals surface area contributed by atoms with Gasteiger partial charge in [0.05, 0.1) is 11.1 Å². The fourth-order valence-electron chi connectivity index (χ4n) is 3.35. The topological polar surface area (TPSA) is 20.2 Å². The van der Waals surface area contributed by atoms with E-state index in [0.717, 1.165) is 36.4 Å². The van der Waals surface area contributed by atoms with Gasteiger partial charge >= 0.3 is 12.4 Å². The number of hydrogen-bond donors (Lipinski definition) is 1. The van der Waals surface area contributed by atoms with Crippen LogP contribution in [0.1, 0.15) is 28.7 Å². The van der Waals surface area contributed by atoms with Crippen molar-refractivity contribution in [3.63, 3.8) is 0 Å². The van der Waals surface area contributed by atoms with Gasteiger partial charge in [-0.2, -0.15) is 26.3 Å². The van der Waals surface area contributed by atoms with Gasteiger partial charge in [0, 0.05) is 12.0 Å². The molecule has 0 amide bonds. The summed E-state index contributed by atoms with van der Waals surface area (Å²) < 4.78 is 94.7. The van der Waals surface area contributed by atoms with Crippen molar-refractivity contribution in [1.29, 1.82) is 0 Å². The highest BCUT2D eigenvalue weighted by molar-refractivity contribution is 5.79. The molecule has 1 nitrogen and oxygen atoms in total. The Bertz CT molecular complexity index is 954. The molecular weight excluding hydrogens is 389 g/mol. The minimum atomic E-state index is -5.10. The molecule has 0 spiro atoms. The third kappa shape index (κ3) is 3.44. The lowest BCUT2D eigenvalue weighted by molar-refractivity contribution is -0.141. The van der Waals surface area contributed by atoms with Crippen LogP contribution in [0.3, 0.4) is 0 Å². The SMILES string of the molecule is OC1(c2ccccc2C(F)(F)F)CC=CC=C1c1cccc(F)c1C(F)(F)F. The van der Waals surface area contributed by atoms with E-state index in [1.165, 1.54) is 18.2 Å². The molecule has 2 aromatic carbocycles. The molecule has 0 bridgehead atoms. The van der Waals surface area contributed by atoms with Crippen LogP contribution < -0.4 is 0 Å². The molecule has 28 heavy (non-hydrogen) atoms. The highest BCUT2D eigenvalue weighted by atomic mass is 19.4. The Labute approximate surface area is 155 Å². The third-order valence-corrected chi connectivity index (χ3v) is 4.52. The zero-order chi connectivity index (χ0) is 20.7. The van der Waals surface area contributed by atoms with Gasteiger partial charge in [0.2, 0.25) is 0 Å². The summed E-state index contributed by atoms with van der Waals surface area (Å²) in [7, 11) is 0. The molecule has 0 saturated carbocycles. The molecular formula is C20H13F7O. The third-order valence-electron chi connectivity index (χ3n) is 4.52. The highest BCUT2D eigenvalue weighted by Gasteiger charge is 2.46. The van der Waals surface area contributed by atoms with Crippen LogP contribution in [0.5, 0.6) is 0 Å². The van der Waals surface area contributed by atoms with Crippen molar-refractivity contribution in [2.24, 2.45) is 0 Å². The van der Waals surface area contributed by atoms with Crippen LogP contribution in [0, 0.1) is 5.82 Å². The lowest BCUT2D eigenvalue weighted by atomic mass is 9.74. The minimum absolute atomic E-state index is 0.403. The Morgan fingerprint density at radius 3 is 2.18 bits per heavy atom. The van der Waals surface area contributed by atoms with Gasteiger partial charge in [-0.1, -0.05) is 48.6 Å². The second-order valence-electron chi connectivity index (χ2n) is 6.28. The maximum absolute atomic E-state index is 14.0. The van der Waals surface area contributed by atoms with E-state index >= 15 is 0 Å². The Kier molecular flexibility index (Phi) is 4.87. The van der Waals surface area contributed by atoms with E-state index in [4.69, 9.17) is 0 Å². The second-order valence-corrected chi connectivity index (χ2v) is 6.28. The van der Waals surface area contributed by atoms with E-state index < -0.39 is 58.0 Å². The molecule has 0 radical (unpaired) electrons. The lowest BCUT2D eigenvalue weighted by Gasteiger charge is -2.35. The maximum atomic E-state index is 14.0. The monoisotopic (exact) mass is 402 g/mol. The van der Waals surface area contributed by atoms with Crippen LogP contribution in [0.15, 0.2) is 60.7 Å². The largest absolute Gasteiger partial charge is 0.419 e. The quantitative estimate of drug-likeness (QED) is 0.603. The van der Waals surface area contributed by atoms with E-state index in [-0.39, 0.29) is 0 Å². The molecule has 1 unspecified atom stereocenters. The molecule has 0 saturated heterocycles. The van der Waals surface area contributed by atoms with Crippen molar-refractivity contribution >= 4 is 5.57 Å². The van der Waals surface area contributed by atoms with Crippen molar-refractivity contribution in [1.82, 2.24) is 0 Å². The van der Waals surface area contributed by atoms with E-state index in [1.54, 1.807) is 0 Å². The smallest absolute Gasteiger partial charge is 0.380 e. The maximum Gasteiger partial charge on any atom is 0.419 e. The predicted molar refractivity (Wildman–Crippen MR) is 88.5 cm³/mol. The summed E-state index contributed by atoms with van der Waals surface area (Å²) in [5, 5.41) is 11.2. The number of hydrogen-bond acceptors (Lipinski definition) is 1. The van der Waals surface area contributed by atoms with Crippen LogP contribution >= 0.6 is 0 Å². The first-order chi connectivity index (χ1) is 13.0. The average Bonchev–Trinajstić information content (AvgIpc) is 2.60. The number of benzene rings is 2. The Morgan fingerprint density at radius 2 is 1.54 bits per heavy atom. The summed E-state index contributed by atoms with van der Waals surface area (Å²) in [6.45, 7) is 0. The normalized spacial score (nSPS) is 20.2. The van der Waals surface area contributed by atoms with Crippen LogP contribution in [0.25, 0.3) is 5.57 Å². The summed E-state index contributed by atoms with van der Waals surface area (Å²) in [4.78, 5) is 0. The molecule has 3 rings (SSSR count). The molecule has 0 aromatic heterocycles. The molecule has 0 aliphatic heterocycles. The van der Waals surface area contributed by atoms with Crippen LogP contribution in [-0.2, 0) is 18.0 Å². The molecule has 1 aliphatic carbocycles. The van der Waals surface area contributed by atoms with Crippen molar-refractivity contribution < 1.29 is 35.8 Å². The van der Waals surface area contributed by atoms with Crippen molar-refractivity contribution in [3.05, 3.63) is 88.8 Å². The fraction of sp³-hybridized carbons (Fsp3) is 0.200. The molecule has 2 aromatic rings. The van der Waals surface area contributed by atoms with Gasteiger partial charge in [0.25, 0.3) is 0 Å². The Morgan fingerprint density at radius 1 is 0.857 bits per heavy atom. The van der Waals surface area contributed by atoms with Gasteiger partial charge in [-0.3, -0.25) is 0 Å². The lowest BCUT2D eigenvalue weighted by Crippen LogP contribution is -2.32. The van der Waals surface area contributed by atoms with Gasteiger partial charge < -0.3 is 5.11 Å². The molecule has 148 valence electrons. The standard InChI is InChI=1S/C20H13F7O/c21-16-10-5-6-12(17(16)20(25,26)27)13-7-3-4-11-18(13,28)14-8-1-2-9-15(14)19(22,23)24/h1-10,28H,11H2. The zero-order valence-electron chi connectivity index (χ0n) is 14.1. The Hall–Kier alpha value is -2.61. The van der Waals surface area contributed by atoms with Crippen molar-refractivity contribution in [2.45, 2.75) is 24.4 Å². The first kappa shape index (κ1) is 20.1. The first-order valence-electron chi connectivity index (χ1n) is 8.08. The van der Waals surface area contributed by atoms with Gasteiger partial charge in [0.15, 0.2) is 0 Å². The van der Waals surface area contributed by atoms with Crippen molar-refractivity contribution in [2.75, 3.05) is 0 Å². The number of alkyl halides is 6. The zero-order valence-corrected chi connectivity index (χ0v) is 14.1. The van der Waals surface area contributed by atoms with E-state index in [9.17, 15) is 35.8 Å². The number of aliphatic hydroxyl groups is 1. The predicted octanol–water partition coefficient (Wildman–Crippen LogP) is 6.09. The molecule has 0 fully saturated rings. The van der Waals surface area contributed by atoms with E-state index in [0.29, 0.717) is 6.07 Å². The molecule has 1 N–H and O–H groups in total. The average molecular weight is 402 g/mol. The minimum Gasteiger partial charge on any atom is -0.380 e. The van der Waals surface area contributed by atoms with Gasteiger partial charge in [-0.25, -0.2) is 4.39 Å². The molecule has 1 aliphatic rings. The van der Waals surface area contributed by atoms with Crippen molar-refractivity contribution in [3.8, 4) is 0 Å². The van der Waals surface area contributed by atoms with E-state index in [1.807, 2.05) is 0 Å². The first-order valence-corrected chi connectivity index (χ1v) is 8.08. The number of halogens is 7. The summed E-state index contributed by atoms with van der Waals surface area (Å²) >= 11 is 0. The van der Waals surface area contributed by atoms with Crippen LogP contribution in [-0.4, -0.2) is 5.11 Å². The van der Waals surface area contributed by atoms with Gasteiger partial charge in [-0.05, 0) is 23.3 Å². The number of rotatable bonds is 2. The molecule has 8 heteroatoms. The Balaban J connectivity index is 2.29. The van der Waals surface area contributed by atoms with E-state index in [2.05, 4.69) is 0 Å². The summed E-state index contributed by atoms with van der Waals surface area (Å²) in [5.41, 5.74) is -7.01. The van der Waals surface area contributed by atoms with Gasteiger partial charge in [0.1, 0.15) is 11.4 Å². The fourth-order valence-corrected chi connectivity index (χ4v) is 3.35. The van der Waals surface area contributed by atoms with Crippen LogP contribution in [0.2, 0.25) is 0 Å². The second kappa shape index (κ2) is 6.77. The molecule has 0 heterocycles. The highest BCUT2D eigenvalue weighted by Crippen LogP contribution is 2.49. The van der Waals surface area contributed by atoms with Gasteiger partial charge in [-0.15, -0.1) is 0 Å². The number of allylic oxidation sites excluding steroid dienone is 2. The van der Waals surface area contributed by atoms with Crippen LogP contribution in [0.4, 0.5) is 30.7 Å².